The van der Waals surface area contributed by atoms with Crippen LogP contribution in [0, 0.1) is 5.82 Å². The van der Waals surface area contributed by atoms with Crippen LogP contribution in [0.3, 0.4) is 0 Å². The van der Waals surface area contributed by atoms with Crippen LogP contribution in [0.5, 0.6) is 0 Å². The molecular formula is C16H16BrClFN. The Kier molecular flexibility index (Phi) is 5.06. The molecule has 0 fully saturated rings. The van der Waals surface area contributed by atoms with Gasteiger partial charge < -0.3 is 5.32 Å². The van der Waals surface area contributed by atoms with Crippen LogP contribution in [0.2, 0.25) is 5.02 Å². The van der Waals surface area contributed by atoms with Gasteiger partial charge in [-0.25, -0.2) is 4.39 Å². The minimum atomic E-state index is -0.385. The van der Waals surface area contributed by atoms with E-state index < -0.39 is 0 Å². The van der Waals surface area contributed by atoms with Crippen LogP contribution in [-0.2, 0) is 6.42 Å². The topological polar surface area (TPSA) is 12.0 Å². The monoisotopic (exact) mass is 355 g/mol. The summed E-state index contributed by atoms with van der Waals surface area (Å²) >= 11 is 9.18. The van der Waals surface area contributed by atoms with Crippen molar-refractivity contribution < 1.29 is 4.39 Å². The second-order valence-electron chi connectivity index (χ2n) is 4.69. The molecule has 0 saturated heterocycles. The van der Waals surface area contributed by atoms with Gasteiger partial charge in [-0.2, -0.15) is 0 Å². The first-order valence-electron chi connectivity index (χ1n) is 6.51. The second kappa shape index (κ2) is 6.59. The Morgan fingerprint density at radius 3 is 2.65 bits per heavy atom. The molecule has 20 heavy (non-hydrogen) atoms. The predicted octanol–water partition coefficient (Wildman–Crippen LogP) is 5.98. The molecule has 0 radical (unpaired) electrons. The fourth-order valence-corrected chi connectivity index (χ4v) is 2.62. The lowest BCUT2D eigenvalue weighted by Crippen LogP contribution is -2.08. The zero-order valence-electron chi connectivity index (χ0n) is 11.4. The summed E-state index contributed by atoms with van der Waals surface area (Å²) in [4.78, 5) is 0. The molecule has 1 N–H and O–H groups in total. The number of nitrogens with one attached hydrogen (secondary N) is 1. The molecule has 0 aromatic heterocycles. The average molecular weight is 357 g/mol. The van der Waals surface area contributed by atoms with Gasteiger partial charge in [-0.3, -0.25) is 0 Å². The van der Waals surface area contributed by atoms with E-state index in [1.807, 2.05) is 25.1 Å². The maximum Gasteiger partial charge on any atom is 0.142 e. The first kappa shape index (κ1) is 15.3. The van der Waals surface area contributed by atoms with E-state index in [2.05, 4.69) is 34.2 Å². The smallest absolute Gasteiger partial charge is 0.142 e. The van der Waals surface area contributed by atoms with Crippen LogP contribution < -0.4 is 5.32 Å². The maximum absolute atomic E-state index is 13.5. The zero-order valence-corrected chi connectivity index (χ0v) is 13.7. The van der Waals surface area contributed by atoms with Gasteiger partial charge in [0.25, 0.3) is 0 Å². The summed E-state index contributed by atoms with van der Waals surface area (Å²) in [6, 6.07) is 11.0. The lowest BCUT2D eigenvalue weighted by atomic mass is 10.1. The number of benzene rings is 2. The number of hydrogen-bond acceptors (Lipinski definition) is 1. The molecule has 1 unspecified atom stereocenters. The Hall–Kier alpha value is -1.06. The number of halogens is 3. The Morgan fingerprint density at radius 2 is 2.00 bits per heavy atom. The molecule has 2 rings (SSSR count). The van der Waals surface area contributed by atoms with Gasteiger partial charge in [-0.05, 0) is 54.8 Å². The van der Waals surface area contributed by atoms with Gasteiger partial charge in [0.05, 0.1) is 5.02 Å². The van der Waals surface area contributed by atoms with E-state index in [4.69, 9.17) is 11.6 Å². The largest absolute Gasteiger partial charge is 0.378 e. The standard InChI is InChI=1S/C16H16BrClFN/c1-3-11-8-13(17)5-7-16(11)20-10(2)12-4-6-14(18)15(19)9-12/h4-10,20H,3H2,1-2H3. The Labute approximate surface area is 132 Å². The van der Waals surface area contributed by atoms with Crippen molar-refractivity contribution in [1.29, 1.82) is 0 Å². The minimum Gasteiger partial charge on any atom is -0.378 e. The molecule has 0 spiro atoms. The van der Waals surface area contributed by atoms with Crippen molar-refractivity contribution in [2.45, 2.75) is 26.3 Å². The summed E-state index contributed by atoms with van der Waals surface area (Å²) in [6.45, 7) is 4.11. The van der Waals surface area contributed by atoms with Gasteiger partial charge in [0.2, 0.25) is 0 Å². The van der Waals surface area contributed by atoms with Gasteiger partial charge in [0.15, 0.2) is 0 Å². The molecule has 2 aromatic rings. The third-order valence-corrected chi connectivity index (χ3v) is 4.06. The summed E-state index contributed by atoms with van der Waals surface area (Å²) in [5.41, 5.74) is 3.16. The highest BCUT2D eigenvalue weighted by Gasteiger charge is 2.10. The van der Waals surface area contributed by atoms with Crippen molar-refractivity contribution in [3.05, 3.63) is 62.8 Å². The van der Waals surface area contributed by atoms with Crippen molar-refractivity contribution in [2.75, 3.05) is 5.32 Å². The van der Waals surface area contributed by atoms with E-state index in [9.17, 15) is 4.39 Å². The molecule has 0 aliphatic heterocycles. The van der Waals surface area contributed by atoms with Crippen molar-refractivity contribution >= 4 is 33.2 Å². The minimum absolute atomic E-state index is 0.00763. The third kappa shape index (κ3) is 3.53. The van der Waals surface area contributed by atoms with E-state index in [0.29, 0.717) is 0 Å². The maximum atomic E-state index is 13.5. The zero-order chi connectivity index (χ0) is 14.7. The predicted molar refractivity (Wildman–Crippen MR) is 87.0 cm³/mol. The van der Waals surface area contributed by atoms with Crippen LogP contribution in [0.1, 0.15) is 31.0 Å². The lowest BCUT2D eigenvalue weighted by Gasteiger charge is -2.18. The Morgan fingerprint density at radius 1 is 1.25 bits per heavy atom. The summed E-state index contributed by atoms with van der Waals surface area (Å²) in [5, 5.41) is 3.57. The van der Waals surface area contributed by atoms with Gasteiger partial charge in [-0.1, -0.05) is 40.5 Å². The highest BCUT2D eigenvalue weighted by Crippen LogP contribution is 2.27. The van der Waals surface area contributed by atoms with Crippen LogP contribution >= 0.6 is 27.5 Å². The quantitative estimate of drug-likeness (QED) is 0.711. The molecule has 0 amide bonds. The fraction of sp³-hybridized carbons (Fsp3) is 0.250. The van der Waals surface area contributed by atoms with Crippen molar-refractivity contribution in [1.82, 2.24) is 0 Å². The van der Waals surface area contributed by atoms with Crippen LogP contribution in [0.25, 0.3) is 0 Å². The van der Waals surface area contributed by atoms with E-state index >= 15 is 0 Å². The molecule has 2 aromatic carbocycles. The molecule has 106 valence electrons. The molecule has 0 saturated carbocycles. The summed E-state index contributed by atoms with van der Waals surface area (Å²) in [5.74, 6) is -0.385. The van der Waals surface area contributed by atoms with E-state index in [1.54, 1.807) is 6.07 Å². The van der Waals surface area contributed by atoms with Crippen molar-refractivity contribution in [3.8, 4) is 0 Å². The SMILES string of the molecule is CCc1cc(Br)ccc1NC(C)c1ccc(Cl)c(F)c1. The molecule has 0 aliphatic rings. The molecular weight excluding hydrogens is 341 g/mol. The third-order valence-electron chi connectivity index (χ3n) is 3.26. The van der Waals surface area contributed by atoms with Crippen LogP contribution in [0.15, 0.2) is 40.9 Å². The van der Waals surface area contributed by atoms with E-state index in [1.165, 1.54) is 11.6 Å². The van der Waals surface area contributed by atoms with E-state index in [0.717, 1.165) is 22.1 Å². The van der Waals surface area contributed by atoms with E-state index in [-0.39, 0.29) is 16.9 Å². The van der Waals surface area contributed by atoms with Crippen molar-refractivity contribution in [2.24, 2.45) is 0 Å². The first-order chi connectivity index (χ1) is 9.51. The number of aryl methyl sites for hydroxylation is 1. The van der Waals surface area contributed by atoms with Gasteiger partial charge in [0.1, 0.15) is 5.82 Å². The molecule has 4 heteroatoms. The van der Waals surface area contributed by atoms with Gasteiger partial charge >= 0.3 is 0 Å². The normalized spacial score (nSPS) is 12.2. The molecule has 0 heterocycles. The number of rotatable bonds is 4. The Bertz CT molecular complexity index is 615. The fourth-order valence-electron chi connectivity index (χ4n) is 2.09. The molecule has 0 bridgehead atoms. The summed E-state index contributed by atoms with van der Waals surface area (Å²) < 4.78 is 14.6. The molecule has 1 nitrogen and oxygen atoms in total. The highest BCUT2D eigenvalue weighted by molar-refractivity contribution is 9.10. The number of anilines is 1. The molecule has 0 aliphatic carbocycles. The summed E-state index contributed by atoms with van der Waals surface area (Å²) in [6.07, 6.45) is 0.934. The lowest BCUT2D eigenvalue weighted by molar-refractivity contribution is 0.624. The molecule has 1 atom stereocenters. The number of hydrogen-bond donors (Lipinski definition) is 1. The first-order valence-corrected chi connectivity index (χ1v) is 7.68. The van der Waals surface area contributed by atoms with Crippen LogP contribution in [0.4, 0.5) is 10.1 Å². The van der Waals surface area contributed by atoms with Crippen LogP contribution in [-0.4, -0.2) is 0 Å². The van der Waals surface area contributed by atoms with Crippen molar-refractivity contribution in [3.63, 3.8) is 0 Å². The second-order valence-corrected chi connectivity index (χ2v) is 6.02. The summed E-state index contributed by atoms with van der Waals surface area (Å²) in [7, 11) is 0. The van der Waals surface area contributed by atoms with Gasteiger partial charge in [0, 0.05) is 16.2 Å². The average Bonchev–Trinajstić information content (AvgIpc) is 2.43. The Balaban J connectivity index is 2.22. The van der Waals surface area contributed by atoms with Gasteiger partial charge in [-0.15, -0.1) is 0 Å². The highest BCUT2D eigenvalue weighted by atomic mass is 79.9.